The summed E-state index contributed by atoms with van der Waals surface area (Å²) >= 11 is 0. The molecule has 1 aliphatic rings. The fourth-order valence-electron chi connectivity index (χ4n) is 3.34. The number of aryl methyl sites for hydroxylation is 1. The lowest BCUT2D eigenvalue weighted by molar-refractivity contribution is 0.178. The molecule has 1 saturated carbocycles. The highest BCUT2D eigenvalue weighted by Gasteiger charge is 2.24. The van der Waals surface area contributed by atoms with Crippen molar-refractivity contribution in [2.24, 2.45) is 5.92 Å². The van der Waals surface area contributed by atoms with Crippen LogP contribution in [0.3, 0.4) is 0 Å². The number of urea groups is 1. The predicted octanol–water partition coefficient (Wildman–Crippen LogP) is 2.95. The molecule has 0 saturated heterocycles. The van der Waals surface area contributed by atoms with Crippen molar-refractivity contribution in [2.75, 3.05) is 6.61 Å². The van der Waals surface area contributed by atoms with Gasteiger partial charge in [0.05, 0.1) is 0 Å². The molecular weight excluding hydrogens is 304 g/mol. The van der Waals surface area contributed by atoms with Crippen LogP contribution in [0.2, 0.25) is 0 Å². The molecule has 4 N–H and O–H groups in total. The van der Waals surface area contributed by atoms with E-state index >= 15 is 0 Å². The Morgan fingerprint density at radius 1 is 1.21 bits per heavy atom. The number of hydrogen-bond acceptors (Lipinski definition) is 3. The van der Waals surface area contributed by atoms with Crippen molar-refractivity contribution in [3.63, 3.8) is 0 Å². The number of carbonyl (C=O) groups is 1. The monoisotopic (exact) mass is 334 g/mol. The van der Waals surface area contributed by atoms with E-state index in [4.69, 9.17) is 0 Å². The highest BCUT2D eigenvalue weighted by molar-refractivity contribution is 5.74. The van der Waals surface area contributed by atoms with Crippen LogP contribution in [0.25, 0.3) is 0 Å². The van der Waals surface area contributed by atoms with Crippen LogP contribution in [0.1, 0.15) is 51.0 Å². The van der Waals surface area contributed by atoms with Gasteiger partial charge in [-0.2, -0.15) is 0 Å². The largest absolute Gasteiger partial charge is 0.508 e. The molecule has 134 valence electrons. The fraction of sp³-hybridized carbons (Fsp3) is 0.632. The number of rotatable bonds is 6. The van der Waals surface area contributed by atoms with E-state index in [0.717, 1.165) is 44.1 Å². The molecule has 1 fully saturated rings. The van der Waals surface area contributed by atoms with E-state index in [9.17, 15) is 15.0 Å². The van der Waals surface area contributed by atoms with E-state index in [-0.39, 0.29) is 36.4 Å². The molecule has 2 rings (SSSR count). The maximum absolute atomic E-state index is 12.2. The molecule has 0 aromatic heterocycles. The smallest absolute Gasteiger partial charge is 0.315 e. The Morgan fingerprint density at radius 2 is 1.92 bits per heavy atom. The summed E-state index contributed by atoms with van der Waals surface area (Å²) in [6.07, 6.45) is 7.04. The molecule has 0 bridgehead atoms. The molecule has 2 amide bonds. The van der Waals surface area contributed by atoms with Gasteiger partial charge in [0.25, 0.3) is 0 Å². The zero-order valence-corrected chi connectivity index (χ0v) is 14.5. The van der Waals surface area contributed by atoms with Crippen LogP contribution in [0.5, 0.6) is 5.75 Å². The maximum Gasteiger partial charge on any atom is 0.315 e. The Labute approximate surface area is 144 Å². The molecule has 1 aromatic carbocycles. The van der Waals surface area contributed by atoms with Crippen molar-refractivity contribution in [1.29, 1.82) is 0 Å². The summed E-state index contributed by atoms with van der Waals surface area (Å²) in [4.78, 5) is 12.2. The molecular formula is C19H30N2O3. The Hall–Kier alpha value is -1.75. The fourth-order valence-corrected chi connectivity index (χ4v) is 3.34. The second kappa shape index (κ2) is 9.52. The van der Waals surface area contributed by atoms with E-state index in [1.54, 1.807) is 12.1 Å². The summed E-state index contributed by atoms with van der Waals surface area (Å²) in [5.74, 6) is 0.441. The zero-order valence-electron chi connectivity index (χ0n) is 14.5. The van der Waals surface area contributed by atoms with E-state index < -0.39 is 0 Å². The van der Waals surface area contributed by atoms with E-state index in [1.807, 2.05) is 19.1 Å². The Bertz CT molecular complexity index is 504. The van der Waals surface area contributed by atoms with Gasteiger partial charge in [0, 0.05) is 24.6 Å². The molecule has 0 aliphatic heterocycles. The van der Waals surface area contributed by atoms with Gasteiger partial charge in [-0.3, -0.25) is 0 Å². The first-order chi connectivity index (χ1) is 11.6. The molecule has 24 heavy (non-hydrogen) atoms. The molecule has 3 atom stereocenters. The summed E-state index contributed by atoms with van der Waals surface area (Å²) in [6.45, 7) is 2.14. The first-order valence-electron chi connectivity index (χ1n) is 9.04. The lowest BCUT2D eigenvalue weighted by atomic mass is 9.96. The van der Waals surface area contributed by atoms with E-state index in [0.29, 0.717) is 0 Å². The first kappa shape index (κ1) is 18.6. The van der Waals surface area contributed by atoms with Gasteiger partial charge in [0.2, 0.25) is 0 Å². The van der Waals surface area contributed by atoms with Crippen LogP contribution < -0.4 is 10.6 Å². The van der Waals surface area contributed by atoms with Crippen molar-refractivity contribution in [3.8, 4) is 5.75 Å². The van der Waals surface area contributed by atoms with Crippen LogP contribution >= 0.6 is 0 Å². The standard InChI is InChI=1S/C19H30N2O3/c1-14(7-8-15-9-11-17(23)12-10-15)20-19(24)21-18-6-4-2-3-5-16(18)13-22/h9-12,14,16,18,22-23H,2-8,13H2,1H3,(H2,20,21,24). The minimum Gasteiger partial charge on any atom is -0.508 e. The van der Waals surface area contributed by atoms with Crippen molar-refractivity contribution < 1.29 is 15.0 Å². The van der Waals surface area contributed by atoms with Crippen molar-refractivity contribution in [2.45, 2.75) is 64.0 Å². The molecule has 0 spiro atoms. The number of aliphatic hydroxyl groups excluding tert-OH is 1. The third-order valence-electron chi connectivity index (χ3n) is 4.89. The molecule has 1 aromatic rings. The third-order valence-corrected chi connectivity index (χ3v) is 4.89. The average molecular weight is 334 g/mol. The second-order valence-electron chi connectivity index (χ2n) is 6.91. The molecule has 5 heteroatoms. The molecule has 0 radical (unpaired) electrons. The van der Waals surface area contributed by atoms with E-state index in [1.165, 1.54) is 6.42 Å². The van der Waals surface area contributed by atoms with Gasteiger partial charge in [-0.05, 0) is 50.3 Å². The van der Waals surface area contributed by atoms with Crippen LogP contribution in [-0.2, 0) is 6.42 Å². The van der Waals surface area contributed by atoms with E-state index in [2.05, 4.69) is 10.6 Å². The van der Waals surface area contributed by atoms with Gasteiger partial charge in [-0.1, -0.05) is 31.4 Å². The van der Waals surface area contributed by atoms with Crippen LogP contribution in [-0.4, -0.2) is 34.9 Å². The van der Waals surface area contributed by atoms with Crippen LogP contribution in [0, 0.1) is 5.92 Å². The topological polar surface area (TPSA) is 81.6 Å². The maximum atomic E-state index is 12.2. The number of phenols is 1. The van der Waals surface area contributed by atoms with Crippen molar-refractivity contribution >= 4 is 6.03 Å². The van der Waals surface area contributed by atoms with Crippen LogP contribution in [0.15, 0.2) is 24.3 Å². The van der Waals surface area contributed by atoms with Gasteiger partial charge in [0.1, 0.15) is 5.75 Å². The number of nitrogens with one attached hydrogen (secondary N) is 2. The Balaban J connectivity index is 1.75. The van der Waals surface area contributed by atoms with Gasteiger partial charge >= 0.3 is 6.03 Å². The molecule has 0 heterocycles. The summed E-state index contributed by atoms with van der Waals surface area (Å²) < 4.78 is 0. The summed E-state index contributed by atoms with van der Waals surface area (Å²) in [7, 11) is 0. The number of aromatic hydroxyl groups is 1. The number of benzene rings is 1. The Kier molecular flexibility index (Phi) is 7.37. The minimum atomic E-state index is -0.140. The lowest BCUT2D eigenvalue weighted by Gasteiger charge is -2.25. The lowest BCUT2D eigenvalue weighted by Crippen LogP contribution is -2.48. The van der Waals surface area contributed by atoms with Crippen LogP contribution in [0.4, 0.5) is 4.79 Å². The summed E-state index contributed by atoms with van der Waals surface area (Å²) in [6, 6.07) is 7.17. The predicted molar refractivity (Wildman–Crippen MR) is 95.0 cm³/mol. The SMILES string of the molecule is CC(CCc1ccc(O)cc1)NC(=O)NC1CCCCCC1CO. The Morgan fingerprint density at radius 3 is 2.62 bits per heavy atom. The first-order valence-corrected chi connectivity index (χ1v) is 9.04. The quantitative estimate of drug-likeness (QED) is 0.604. The second-order valence-corrected chi connectivity index (χ2v) is 6.91. The highest BCUT2D eigenvalue weighted by Crippen LogP contribution is 2.23. The van der Waals surface area contributed by atoms with Gasteiger partial charge in [-0.15, -0.1) is 0 Å². The number of amides is 2. The van der Waals surface area contributed by atoms with Crippen molar-refractivity contribution in [3.05, 3.63) is 29.8 Å². The number of hydrogen-bond donors (Lipinski definition) is 4. The number of aliphatic hydroxyl groups is 1. The van der Waals surface area contributed by atoms with Gasteiger partial charge < -0.3 is 20.8 Å². The highest BCUT2D eigenvalue weighted by atomic mass is 16.3. The zero-order chi connectivity index (χ0) is 17.4. The molecule has 3 unspecified atom stereocenters. The number of phenolic OH excluding ortho intramolecular Hbond substituents is 1. The van der Waals surface area contributed by atoms with Crippen molar-refractivity contribution in [1.82, 2.24) is 10.6 Å². The minimum absolute atomic E-state index is 0.0668. The summed E-state index contributed by atoms with van der Waals surface area (Å²) in [5.41, 5.74) is 1.14. The van der Waals surface area contributed by atoms with Gasteiger partial charge in [-0.25, -0.2) is 4.79 Å². The molecule has 5 nitrogen and oxygen atoms in total. The van der Waals surface area contributed by atoms with Gasteiger partial charge in [0.15, 0.2) is 0 Å². The average Bonchev–Trinajstić information content (AvgIpc) is 2.79. The molecule has 1 aliphatic carbocycles. The summed E-state index contributed by atoms with van der Waals surface area (Å²) in [5, 5.41) is 24.9. The third kappa shape index (κ3) is 6.04. The normalized spacial score (nSPS) is 22.4. The number of carbonyl (C=O) groups excluding carboxylic acids is 1.